The Bertz CT molecular complexity index is 1200. The molecule has 3 heterocycles. The molecule has 1 aliphatic heterocycles. The Hall–Kier alpha value is -3.56. The van der Waals surface area contributed by atoms with Gasteiger partial charge in [-0.2, -0.15) is 5.10 Å². The molecule has 0 saturated heterocycles. The molecule has 0 unspecified atom stereocenters. The first-order chi connectivity index (χ1) is 15.0. The summed E-state index contributed by atoms with van der Waals surface area (Å²) >= 11 is 0. The quantitative estimate of drug-likeness (QED) is 0.582. The number of urea groups is 1. The van der Waals surface area contributed by atoms with Crippen LogP contribution >= 0.6 is 0 Å². The molecular weight excluding hydrogens is 398 g/mol. The lowest BCUT2D eigenvalue weighted by atomic mass is 10.2. The summed E-state index contributed by atoms with van der Waals surface area (Å²) in [6.07, 6.45) is 3.46. The Morgan fingerprint density at radius 2 is 1.94 bits per heavy atom. The van der Waals surface area contributed by atoms with E-state index in [0.29, 0.717) is 25.2 Å². The standard InChI is InChI=1S/C21H27N7O3/c1-15-18(19(29)28(25(15)2)16-9-4-3-5-10-16)23-20(30)22-12-8-14-27-21(31)26-13-7-6-11-17(26)24-27/h3-5,9-10H,6-8,11-14H2,1-2H3,(H2,22,23,30). The number of amides is 2. The smallest absolute Gasteiger partial charge is 0.338 e. The van der Waals surface area contributed by atoms with Gasteiger partial charge >= 0.3 is 11.7 Å². The molecule has 0 aliphatic carbocycles. The molecule has 10 heteroatoms. The molecule has 1 aliphatic rings. The van der Waals surface area contributed by atoms with Crippen LogP contribution in [0.1, 0.15) is 30.8 Å². The number of anilines is 1. The number of para-hydroxylation sites is 1. The summed E-state index contributed by atoms with van der Waals surface area (Å²) in [4.78, 5) is 37.5. The fourth-order valence-electron chi connectivity index (χ4n) is 3.89. The van der Waals surface area contributed by atoms with Crippen LogP contribution in [0, 0.1) is 6.92 Å². The normalized spacial score (nSPS) is 13.1. The van der Waals surface area contributed by atoms with Crippen molar-refractivity contribution in [3.8, 4) is 5.69 Å². The van der Waals surface area contributed by atoms with Gasteiger partial charge in [0.15, 0.2) is 0 Å². The summed E-state index contributed by atoms with van der Waals surface area (Å²) in [7, 11) is 1.77. The number of rotatable bonds is 6. The van der Waals surface area contributed by atoms with Crippen molar-refractivity contribution in [2.75, 3.05) is 11.9 Å². The number of benzene rings is 1. The van der Waals surface area contributed by atoms with Gasteiger partial charge in [0.1, 0.15) is 11.5 Å². The lowest BCUT2D eigenvalue weighted by molar-refractivity contribution is 0.251. The average molecular weight is 425 g/mol. The molecule has 0 spiro atoms. The monoisotopic (exact) mass is 425 g/mol. The van der Waals surface area contributed by atoms with Crippen LogP contribution < -0.4 is 21.9 Å². The Balaban J connectivity index is 1.35. The molecule has 0 radical (unpaired) electrons. The summed E-state index contributed by atoms with van der Waals surface area (Å²) in [6, 6.07) is 8.80. The molecule has 4 rings (SSSR count). The van der Waals surface area contributed by atoms with E-state index in [1.807, 2.05) is 30.3 Å². The Labute approximate surface area is 179 Å². The van der Waals surface area contributed by atoms with E-state index < -0.39 is 6.03 Å². The van der Waals surface area contributed by atoms with Crippen LogP contribution in [0.3, 0.4) is 0 Å². The van der Waals surface area contributed by atoms with Crippen molar-refractivity contribution < 1.29 is 4.79 Å². The van der Waals surface area contributed by atoms with Gasteiger partial charge in [-0.1, -0.05) is 18.2 Å². The highest BCUT2D eigenvalue weighted by Crippen LogP contribution is 2.13. The van der Waals surface area contributed by atoms with Crippen LogP contribution in [-0.4, -0.2) is 36.3 Å². The Morgan fingerprint density at radius 3 is 2.68 bits per heavy atom. The topological polar surface area (TPSA) is 108 Å². The van der Waals surface area contributed by atoms with Gasteiger partial charge < -0.3 is 10.6 Å². The molecule has 31 heavy (non-hydrogen) atoms. The van der Waals surface area contributed by atoms with E-state index in [-0.39, 0.29) is 16.9 Å². The van der Waals surface area contributed by atoms with Crippen molar-refractivity contribution in [1.29, 1.82) is 0 Å². The van der Waals surface area contributed by atoms with Crippen molar-refractivity contribution >= 4 is 11.7 Å². The first-order valence-electron chi connectivity index (χ1n) is 10.5. The number of hydrogen-bond donors (Lipinski definition) is 2. The van der Waals surface area contributed by atoms with Gasteiger partial charge in [0, 0.05) is 33.1 Å². The van der Waals surface area contributed by atoms with Crippen molar-refractivity contribution in [3.63, 3.8) is 0 Å². The maximum absolute atomic E-state index is 12.8. The molecule has 2 amide bonds. The number of hydrogen-bond acceptors (Lipinski definition) is 4. The zero-order valence-corrected chi connectivity index (χ0v) is 17.8. The first-order valence-corrected chi connectivity index (χ1v) is 10.5. The molecule has 1 aromatic carbocycles. The Morgan fingerprint density at radius 1 is 1.16 bits per heavy atom. The SMILES string of the molecule is Cc1c(NC(=O)NCCCn2nc3n(c2=O)CCCC3)c(=O)n(-c2ccccc2)n1C. The van der Waals surface area contributed by atoms with Crippen molar-refractivity contribution in [2.45, 2.75) is 45.7 Å². The van der Waals surface area contributed by atoms with Gasteiger partial charge in [0.25, 0.3) is 5.56 Å². The number of fused-ring (bicyclic) bond motifs is 1. The van der Waals surface area contributed by atoms with Crippen LogP contribution in [0.4, 0.5) is 10.5 Å². The highest BCUT2D eigenvalue weighted by atomic mass is 16.2. The third kappa shape index (κ3) is 4.05. The highest BCUT2D eigenvalue weighted by Gasteiger charge is 2.18. The number of carbonyl (C=O) groups is 1. The number of nitrogens with one attached hydrogen (secondary N) is 2. The highest BCUT2D eigenvalue weighted by molar-refractivity contribution is 5.89. The molecule has 2 N–H and O–H groups in total. The van der Waals surface area contributed by atoms with E-state index in [0.717, 1.165) is 37.3 Å². The molecule has 2 aromatic heterocycles. The molecule has 3 aromatic rings. The van der Waals surface area contributed by atoms with Gasteiger partial charge in [-0.25, -0.2) is 19.0 Å². The minimum Gasteiger partial charge on any atom is -0.338 e. The van der Waals surface area contributed by atoms with E-state index in [4.69, 9.17) is 0 Å². The largest absolute Gasteiger partial charge is 0.345 e. The lowest BCUT2D eigenvalue weighted by Crippen LogP contribution is -2.33. The summed E-state index contributed by atoms with van der Waals surface area (Å²) in [6.45, 7) is 3.30. The molecule has 0 saturated carbocycles. The second-order valence-electron chi connectivity index (χ2n) is 7.70. The van der Waals surface area contributed by atoms with Gasteiger partial charge in [-0.15, -0.1) is 0 Å². The molecule has 0 bridgehead atoms. The van der Waals surface area contributed by atoms with E-state index in [1.165, 1.54) is 9.36 Å². The number of aryl methyl sites for hydroxylation is 2. The average Bonchev–Trinajstić information content (AvgIpc) is 3.20. The zero-order chi connectivity index (χ0) is 22.0. The molecule has 0 fully saturated rings. The minimum atomic E-state index is -0.456. The van der Waals surface area contributed by atoms with E-state index in [2.05, 4.69) is 15.7 Å². The molecule has 164 valence electrons. The Kier molecular flexibility index (Phi) is 5.79. The number of aromatic nitrogens is 5. The lowest BCUT2D eigenvalue weighted by Gasteiger charge is -2.09. The second-order valence-corrected chi connectivity index (χ2v) is 7.70. The third-order valence-electron chi connectivity index (χ3n) is 5.66. The predicted molar refractivity (Wildman–Crippen MR) is 117 cm³/mol. The third-order valence-corrected chi connectivity index (χ3v) is 5.66. The van der Waals surface area contributed by atoms with Crippen LogP contribution in [0.2, 0.25) is 0 Å². The van der Waals surface area contributed by atoms with E-state index in [9.17, 15) is 14.4 Å². The molecular formula is C21H27N7O3. The fraction of sp³-hybridized carbons (Fsp3) is 0.429. The van der Waals surface area contributed by atoms with Crippen LogP contribution in [-0.2, 0) is 26.6 Å². The van der Waals surface area contributed by atoms with Crippen LogP contribution in [0.25, 0.3) is 5.69 Å². The summed E-state index contributed by atoms with van der Waals surface area (Å²) in [5.41, 5.74) is 1.23. The first kappa shape index (κ1) is 20.7. The molecule has 0 atom stereocenters. The predicted octanol–water partition coefficient (Wildman–Crippen LogP) is 1.39. The van der Waals surface area contributed by atoms with Gasteiger partial charge in [-0.3, -0.25) is 14.0 Å². The summed E-state index contributed by atoms with van der Waals surface area (Å²) < 4.78 is 6.43. The van der Waals surface area contributed by atoms with E-state index in [1.54, 1.807) is 23.2 Å². The van der Waals surface area contributed by atoms with Gasteiger partial charge in [0.2, 0.25) is 0 Å². The fourth-order valence-corrected chi connectivity index (χ4v) is 3.89. The summed E-state index contributed by atoms with van der Waals surface area (Å²) in [5.74, 6) is 0.844. The molecule has 10 nitrogen and oxygen atoms in total. The van der Waals surface area contributed by atoms with E-state index >= 15 is 0 Å². The summed E-state index contributed by atoms with van der Waals surface area (Å²) in [5, 5.41) is 9.81. The maximum Gasteiger partial charge on any atom is 0.345 e. The number of carbonyl (C=O) groups excluding carboxylic acids is 1. The van der Waals surface area contributed by atoms with Crippen LogP contribution in [0.5, 0.6) is 0 Å². The maximum atomic E-state index is 12.8. The van der Waals surface area contributed by atoms with Gasteiger partial charge in [-0.05, 0) is 38.3 Å². The van der Waals surface area contributed by atoms with Gasteiger partial charge in [0.05, 0.1) is 11.4 Å². The zero-order valence-electron chi connectivity index (χ0n) is 17.8. The van der Waals surface area contributed by atoms with Crippen LogP contribution in [0.15, 0.2) is 39.9 Å². The minimum absolute atomic E-state index is 0.0828. The second kappa shape index (κ2) is 8.66. The van der Waals surface area contributed by atoms with Crippen molar-refractivity contribution in [1.82, 2.24) is 29.0 Å². The number of nitrogens with zero attached hydrogens (tertiary/aromatic N) is 5. The van der Waals surface area contributed by atoms with Crippen molar-refractivity contribution in [3.05, 3.63) is 62.7 Å². The van der Waals surface area contributed by atoms with Crippen molar-refractivity contribution in [2.24, 2.45) is 7.05 Å².